The number of nitrogen functional groups attached to an aromatic ring is 1. The molecular formula is C19H21F3N4O2. The van der Waals surface area contributed by atoms with Gasteiger partial charge in [0.15, 0.2) is 0 Å². The number of urea groups is 1. The predicted molar refractivity (Wildman–Crippen MR) is 96.9 cm³/mol. The highest BCUT2D eigenvalue weighted by atomic mass is 19.4. The first-order chi connectivity index (χ1) is 13.2. The molecule has 0 spiro atoms. The number of nitrogens with two attached hydrogens (primary N) is 1. The van der Waals surface area contributed by atoms with Crippen molar-refractivity contribution in [2.24, 2.45) is 5.92 Å². The van der Waals surface area contributed by atoms with Gasteiger partial charge >= 0.3 is 12.2 Å². The maximum atomic E-state index is 13.6. The van der Waals surface area contributed by atoms with Crippen LogP contribution in [-0.2, 0) is 6.42 Å². The highest BCUT2D eigenvalue weighted by molar-refractivity contribution is 5.76. The van der Waals surface area contributed by atoms with Crippen LogP contribution in [0.3, 0.4) is 0 Å². The summed E-state index contributed by atoms with van der Waals surface area (Å²) in [6.07, 6.45) is -4.90. The number of alkyl halides is 3. The highest BCUT2D eigenvalue weighted by Crippen LogP contribution is 2.43. The SMILES string of the molecule is C[C@@H](NC(=O)N1C(O)[C@H](Cc2ccnc(N)c2)[C@H]1C(F)(F)F)c1ccccc1. The van der Waals surface area contributed by atoms with Gasteiger partial charge in [0.1, 0.15) is 18.1 Å². The monoisotopic (exact) mass is 394 g/mol. The number of anilines is 1. The molecule has 0 bridgehead atoms. The normalized spacial score (nSPS) is 23.0. The number of benzene rings is 1. The number of halogens is 3. The van der Waals surface area contributed by atoms with E-state index in [1.165, 1.54) is 18.3 Å². The third kappa shape index (κ3) is 4.04. The number of nitrogens with zero attached hydrogens (tertiary/aromatic N) is 2. The average Bonchev–Trinajstić information content (AvgIpc) is 2.63. The molecule has 0 radical (unpaired) electrons. The summed E-state index contributed by atoms with van der Waals surface area (Å²) in [5.41, 5.74) is 6.83. The van der Waals surface area contributed by atoms with Crippen LogP contribution in [0.15, 0.2) is 48.7 Å². The van der Waals surface area contributed by atoms with Crippen LogP contribution in [0.1, 0.15) is 24.1 Å². The standard InChI is InChI=1S/C19H21F3N4O2/c1-11(13-5-3-2-4-6-13)25-18(28)26-16(19(20,21)22)14(17(26)27)9-12-7-8-24-15(23)10-12/h2-8,10-11,14,16-17,27H,9H2,1H3,(H2,23,24)(H,25,28)/t11-,14-,16+,17?/m1/s1. The second-order valence-electron chi connectivity index (χ2n) is 6.85. The molecule has 0 saturated carbocycles. The maximum Gasteiger partial charge on any atom is 0.409 e. The molecule has 4 atom stereocenters. The fourth-order valence-corrected chi connectivity index (χ4v) is 3.48. The number of pyridine rings is 1. The number of aliphatic hydroxyl groups excluding tert-OH is 1. The number of carbonyl (C=O) groups is 1. The van der Waals surface area contributed by atoms with E-state index < -0.39 is 36.4 Å². The molecule has 1 fully saturated rings. The second kappa shape index (κ2) is 7.67. The number of aliphatic hydroxyl groups is 1. The summed E-state index contributed by atoms with van der Waals surface area (Å²) >= 11 is 0. The second-order valence-corrected chi connectivity index (χ2v) is 6.85. The average molecular weight is 394 g/mol. The van der Waals surface area contributed by atoms with Crippen LogP contribution in [0.25, 0.3) is 0 Å². The first kappa shape index (κ1) is 19.9. The molecule has 2 aromatic rings. The van der Waals surface area contributed by atoms with Crippen molar-refractivity contribution in [3.05, 3.63) is 59.8 Å². The molecule has 2 amide bonds. The van der Waals surface area contributed by atoms with Crippen LogP contribution < -0.4 is 11.1 Å². The van der Waals surface area contributed by atoms with Crippen molar-refractivity contribution in [3.63, 3.8) is 0 Å². The third-order valence-corrected chi connectivity index (χ3v) is 4.90. The van der Waals surface area contributed by atoms with Gasteiger partial charge in [-0.2, -0.15) is 13.2 Å². The minimum atomic E-state index is -4.67. The predicted octanol–water partition coefficient (Wildman–Crippen LogP) is 2.86. The van der Waals surface area contributed by atoms with E-state index in [1.807, 2.05) is 0 Å². The van der Waals surface area contributed by atoms with Crippen LogP contribution >= 0.6 is 0 Å². The lowest BCUT2D eigenvalue weighted by Gasteiger charge is -2.52. The molecule has 1 aromatic carbocycles. The van der Waals surface area contributed by atoms with Crippen molar-refractivity contribution in [3.8, 4) is 0 Å². The zero-order valence-corrected chi connectivity index (χ0v) is 15.1. The van der Waals surface area contributed by atoms with Crippen LogP contribution in [-0.4, -0.2) is 39.5 Å². The van der Waals surface area contributed by atoms with Crippen molar-refractivity contribution < 1.29 is 23.1 Å². The van der Waals surface area contributed by atoms with Crippen LogP contribution in [0.2, 0.25) is 0 Å². The molecule has 1 aromatic heterocycles. The Balaban J connectivity index is 1.74. The summed E-state index contributed by atoms with van der Waals surface area (Å²) in [7, 11) is 0. The molecule has 4 N–H and O–H groups in total. The Bertz CT molecular complexity index is 831. The number of carbonyl (C=O) groups excluding carboxylic acids is 1. The first-order valence-corrected chi connectivity index (χ1v) is 8.77. The summed E-state index contributed by atoms with van der Waals surface area (Å²) < 4.78 is 40.8. The van der Waals surface area contributed by atoms with E-state index in [4.69, 9.17) is 5.73 Å². The lowest BCUT2D eigenvalue weighted by Crippen LogP contribution is -2.72. The highest BCUT2D eigenvalue weighted by Gasteiger charge is 2.62. The van der Waals surface area contributed by atoms with Gasteiger partial charge in [-0.1, -0.05) is 30.3 Å². The summed E-state index contributed by atoms with van der Waals surface area (Å²) in [5, 5.41) is 12.8. The van der Waals surface area contributed by atoms with Gasteiger partial charge in [0.2, 0.25) is 0 Å². The van der Waals surface area contributed by atoms with E-state index in [0.717, 1.165) is 5.56 Å². The van der Waals surface area contributed by atoms with Gasteiger partial charge in [0, 0.05) is 12.1 Å². The van der Waals surface area contributed by atoms with Crippen molar-refractivity contribution >= 4 is 11.8 Å². The van der Waals surface area contributed by atoms with Crippen molar-refractivity contribution in [2.45, 2.75) is 37.8 Å². The fourth-order valence-electron chi connectivity index (χ4n) is 3.48. The van der Waals surface area contributed by atoms with E-state index in [-0.39, 0.29) is 12.2 Å². The van der Waals surface area contributed by atoms with E-state index >= 15 is 0 Å². The van der Waals surface area contributed by atoms with Crippen LogP contribution in [0, 0.1) is 5.92 Å². The molecule has 9 heteroatoms. The molecule has 1 aliphatic rings. The number of aromatic nitrogens is 1. The van der Waals surface area contributed by atoms with Crippen LogP contribution in [0.4, 0.5) is 23.8 Å². The molecule has 1 aliphatic heterocycles. The molecule has 6 nitrogen and oxygen atoms in total. The molecule has 3 rings (SSSR count). The largest absolute Gasteiger partial charge is 0.409 e. The molecule has 1 saturated heterocycles. The smallest absolute Gasteiger partial charge is 0.384 e. The number of hydrogen-bond donors (Lipinski definition) is 3. The Kier molecular flexibility index (Phi) is 5.46. The summed E-state index contributed by atoms with van der Waals surface area (Å²) in [5.74, 6) is -0.999. The zero-order valence-electron chi connectivity index (χ0n) is 15.1. The molecular weight excluding hydrogens is 373 g/mol. The lowest BCUT2D eigenvalue weighted by molar-refractivity contribution is -0.273. The van der Waals surface area contributed by atoms with E-state index in [0.29, 0.717) is 10.5 Å². The zero-order chi connectivity index (χ0) is 20.5. The fraction of sp³-hybridized carbons (Fsp3) is 0.368. The van der Waals surface area contributed by atoms with Crippen molar-refractivity contribution in [2.75, 3.05) is 5.73 Å². The van der Waals surface area contributed by atoms with E-state index in [2.05, 4.69) is 10.3 Å². The Hall–Kier alpha value is -2.81. The van der Waals surface area contributed by atoms with Gasteiger partial charge < -0.3 is 16.2 Å². The first-order valence-electron chi connectivity index (χ1n) is 8.77. The van der Waals surface area contributed by atoms with Gasteiger partial charge in [-0.05, 0) is 36.6 Å². The molecule has 0 aliphatic carbocycles. The van der Waals surface area contributed by atoms with Gasteiger partial charge in [-0.25, -0.2) is 9.78 Å². The van der Waals surface area contributed by atoms with Gasteiger partial charge in [-0.3, -0.25) is 4.90 Å². The Morgan fingerprint density at radius 3 is 2.61 bits per heavy atom. The van der Waals surface area contributed by atoms with Gasteiger partial charge in [0.05, 0.1) is 6.04 Å². The lowest BCUT2D eigenvalue weighted by atomic mass is 9.81. The number of rotatable bonds is 4. The number of hydrogen-bond acceptors (Lipinski definition) is 4. The minimum Gasteiger partial charge on any atom is -0.384 e. The number of amides is 2. The third-order valence-electron chi connectivity index (χ3n) is 4.90. The van der Waals surface area contributed by atoms with Gasteiger partial charge in [0.25, 0.3) is 0 Å². The molecule has 28 heavy (non-hydrogen) atoms. The molecule has 150 valence electrons. The van der Waals surface area contributed by atoms with E-state index in [9.17, 15) is 23.1 Å². The van der Waals surface area contributed by atoms with Crippen molar-refractivity contribution in [1.82, 2.24) is 15.2 Å². The summed E-state index contributed by atoms with van der Waals surface area (Å²) in [6, 6.07) is 8.30. The Labute approximate surface area is 160 Å². The van der Waals surface area contributed by atoms with Crippen LogP contribution in [0.5, 0.6) is 0 Å². The number of nitrogens with one attached hydrogen (secondary N) is 1. The summed E-state index contributed by atoms with van der Waals surface area (Å²) in [6.45, 7) is 1.67. The quantitative estimate of drug-likeness (QED) is 0.744. The van der Waals surface area contributed by atoms with Crippen molar-refractivity contribution in [1.29, 1.82) is 0 Å². The Morgan fingerprint density at radius 1 is 1.32 bits per heavy atom. The topological polar surface area (TPSA) is 91.5 Å². The summed E-state index contributed by atoms with van der Waals surface area (Å²) in [4.78, 5) is 16.7. The molecule has 1 unspecified atom stereocenters. The van der Waals surface area contributed by atoms with Gasteiger partial charge in [-0.15, -0.1) is 0 Å². The number of likely N-dealkylation sites (tertiary alicyclic amines) is 1. The Morgan fingerprint density at radius 2 is 2.00 bits per heavy atom. The van der Waals surface area contributed by atoms with E-state index in [1.54, 1.807) is 37.3 Å². The maximum absolute atomic E-state index is 13.6. The minimum absolute atomic E-state index is 0.0733. The molecule has 2 heterocycles.